The smallest absolute Gasteiger partial charge is 0.237 e. The number of carbonyl (C=O) groups excluding carboxylic acids is 1. The Morgan fingerprint density at radius 2 is 2.19 bits per heavy atom. The molecule has 3 heteroatoms. The van der Waals surface area contributed by atoms with Gasteiger partial charge in [0, 0.05) is 12.6 Å². The van der Waals surface area contributed by atoms with Crippen LogP contribution in [0.3, 0.4) is 0 Å². The Balaban J connectivity index is 2.16. The van der Waals surface area contributed by atoms with Gasteiger partial charge in [-0.05, 0) is 31.4 Å². The standard InChI is InChI=1S/C13H15NO2/c1-3-14-11-8-9(16-2)4-5-10(11)13(6-7-13)12(14)15/h4-5,8H,3,6-7H2,1-2H3. The van der Waals surface area contributed by atoms with Crippen LogP contribution in [-0.4, -0.2) is 19.6 Å². The second kappa shape index (κ2) is 3.00. The summed E-state index contributed by atoms with van der Waals surface area (Å²) in [5.41, 5.74) is 2.07. The molecular weight excluding hydrogens is 202 g/mol. The van der Waals surface area contributed by atoms with E-state index in [-0.39, 0.29) is 11.3 Å². The minimum absolute atomic E-state index is 0.169. The summed E-state index contributed by atoms with van der Waals surface area (Å²) < 4.78 is 5.22. The summed E-state index contributed by atoms with van der Waals surface area (Å²) in [4.78, 5) is 14.1. The van der Waals surface area contributed by atoms with E-state index in [1.165, 1.54) is 5.56 Å². The molecular formula is C13H15NO2. The van der Waals surface area contributed by atoms with Crippen LogP contribution in [0.25, 0.3) is 0 Å². The number of hydrogen-bond donors (Lipinski definition) is 0. The Kier molecular flexibility index (Phi) is 1.82. The van der Waals surface area contributed by atoms with Crippen LogP contribution in [0.4, 0.5) is 5.69 Å². The molecule has 84 valence electrons. The van der Waals surface area contributed by atoms with Crippen LogP contribution >= 0.6 is 0 Å². The van der Waals surface area contributed by atoms with Crippen LogP contribution in [0.15, 0.2) is 18.2 Å². The van der Waals surface area contributed by atoms with Crippen LogP contribution in [0.5, 0.6) is 5.75 Å². The predicted molar refractivity (Wildman–Crippen MR) is 61.9 cm³/mol. The number of nitrogens with zero attached hydrogens (tertiary/aromatic N) is 1. The minimum Gasteiger partial charge on any atom is -0.497 e. The molecule has 1 aromatic rings. The lowest BCUT2D eigenvalue weighted by Crippen LogP contribution is -2.31. The molecule has 1 saturated carbocycles. The summed E-state index contributed by atoms with van der Waals surface area (Å²) in [6, 6.07) is 5.98. The van der Waals surface area contributed by atoms with Crippen molar-refractivity contribution in [2.24, 2.45) is 0 Å². The molecule has 1 aliphatic heterocycles. The van der Waals surface area contributed by atoms with Crippen molar-refractivity contribution in [3.8, 4) is 5.75 Å². The lowest BCUT2D eigenvalue weighted by atomic mass is 9.98. The fraction of sp³-hybridized carbons (Fsp3) is 0.462. The highest BCUT2D eigenvalue weighted by atomic mass is 16.5. The third-order valence-electron chi connectivity index (χ3n) is 3.73. The molecule has 0 saturated heterocycles. The second-order valence-corrected chi connectivity index (χ2v) is 4.51. The van der Waals surface area contributed by atoms with E-state index in [1.54, 1.807) is 7.11 Å². The lowest BCUT2D eigenvalue weighted by molar-refractivity contribution is -0.120. The molecule has 0 aromatic heterocycles. The number of likely N-dealkylation sites (N-methyl/N-ethyl adjacent to an activating group) is 1. The number of rotatable bonds is 2. The number of amides is 1. The highest BCUT2D eigenvalue weighted by molar-refractivity contribution is 6.10. The molecule has 0 atom stereocenters. The zero-order valence-electron chi connectivity index (χ0n) is 9.62. The monoisotopic (exact) mass is 217 g/mol. The van der Waals surface area contributed by atoms with E-state index < -0.39 is 0 Å². The minimum atomic E-state index is -0.169. The molecule has 1 aromatic carbocycles. The molecule has 1 amide bonds. The van der Waals surface area contributed by atoms with E-state index >= 15 is 0 Å². The number of ether oxygens (including phenoxy) is 1. The topological polar surface area (TPSA) is 29.5 Å². The number of anilines is 1. The van der Waals surface area contributed by atoms with Gasteiger partial charge in [0.2, 0.25) is 5.91 Å². The van der Waals surface area contributed by atoms with Crippen LogP contribution in [0.2, 0.25) is 0 Å². The van der Waals surface area contributed by atoms with Crippen molar-refractivity contribution in [1.29, 1.82) is 0 Å². The summed E-state index contributed by atoms with van der Waals surface area (Å²) in [7, 11) is 1.65. The van der Waals surface area contributed by atoms with Crippen LogP contribution in [0, 0.1) is 0 Å². The van der Waals surface area contributed by atoms with Crippen molar-refractivity contribution in [3.05, 3.63) is 23.8 Å². The molecule has 1 aliphatic carbocycles. The molecule has 16 heavy (non-hydrogen) atoms. The van der Waals surface area contributed by atoms with E-state index in [1.807, 2.05) is 24.0 Å². The first-order valence-electron chi connectivity index (χ1n) is 5.73. The fourth-order valence-corrected chi connectivity index (χ4v) is 2.67. The number of fused-ring (bicyclic) bond motifs is 2. The van der Waals surface area contributed by atoms with Crippen LogP contribution < -0.4 is 9.64 Å². The first-order chi connectivity index (χ1) is 7.73. The first kappa shape index (κ1) is 9.70. The largest absolute Gasteiger partial charge is 0.497 e. The van der Waals surface area contributed by atoms with Gasteiger partial charge in [0.15, 0.2) is 0 Å². The Bertz CT molecular complexity index is 463. The van der Waals surface area contributed by atoms with Crippen molar-refractivity contribution in [1.82, 2.24) is 0 Å². The van der Waals surface area contributed by atoms with Gasteiger partial charge in [-0.3, -0.25) is 4.79 Å². The molecule has 1 heterocycles. The van der Waals surface area contributed by atoms with Crippen molar-refractivity contribution in [3.63, 3.8) is 0 Å². The van der Waals surface area contributed by atoms with Crippen molar-refractivity contribution >= 4 is 11.6 Å². The van der Waals surface area contributed by atoms with E-state index in [4.69, 9.17) is 4.74 Å². The van der Waals surface area contributed by atoms with Gasteiger partial charge >= 0.3 is 0 Å². The van der Waals surface area contributed by atoms with E-state index in [9.17, 15) is 4.79 Å². The quantitative estimate of drug-likeness (QED) is 0.759. The molecule has 0 bridgehead atoms. The number of methoxy groups -OCH3 is 1. The fourth-order valence-electron chi connectivity index (χ4n) is 2.67. The maximum Gasteiger partial charge on any atom is 0.237 e. The summed E-state index contributed by atoms with van der Waals surface area (Å²) in [5, 5.41) is 0. The van der Waals surface area contributed by atoms with Crippen molar-refractivity contribution in [2.75, 3.05) is 18.6 Å². The van der Waals surface area contributed by atoms with Gasteiger partial charge in [0.25, 0.3) is 0 Å². The van der Waals surface area contributed by atoms with Gasteiger partial charge in [-0.25, -0.2) is 0 Å². The first-order valence-corrected chi connectivity index (χ1v) is 5.73. The predicted octanol–water partition coefficient (Wildman–Crippen LogP) is 2.09. The van der Waals surface area contributed by atoms with Gasteiger partial charge in [0.05, 0.1) is 18.2 Å². The maximum atomic E-state index is 12.3. The summed E-state index contributed by atoms with van der Waals surface area (Å²) >= 11 is 0. The highest BCUT2D eigenvalue weighted by Crippen LogP contribution is 2.57. The Morgan fingerprint density at radius 1 is 1.44 bits per heavy atom. The second-order valence-electron chi connectivity index (χ2n) is 4.51. The SMILES string of the molecule is CCN1C(=O)C2(CC2)c2ccc(OC)cc21. The average molecular weight is 217 g/mol. The summed E-state index contributed by atoms with van der Waals surface area (Å²) in [5.74, 6) is 1.10. The van der Waals surface area contributed by atoms with Gasteiger partial charge in [-0.2, -0.15) is 0 Å². The third kappa shape index (κ3) is 1.01. The lowest BCUT2D eigenvalue weighted by Gasteiger charge is -2.15. The summed E-state index contributed by atoms with van der Waals surface area (Å²) in [6.07, 6.45) is 2.00. The van der Waals surface area contributed by atoms with E-state index in [2.05, 4.69) is 6.07 Å². The summed E-state index contributed by atoms with van der Waals surface area (Å²) in [6.45, 7) is 2.75. The van der Waals surface area contributed by atoms with Crippen molar-refractivity contribution < 1.29 is 9.53 Å². The van der Waals surface area contributed by atoms with E-state index in [0.717, 1.165) is 30.8 Å². The van der Waals surface area contributed by atoms with Gasteiger partial charge in [-0.1, -0.05) is 6.07 Å². The molecule has 0 unspecified atom stereocenters. The third-order valence-corrected chi connectivity index (χ3v) is 3.73. The Hall–Kier alpha value is -1.51. The van der Waals surface area contributed by atoms with Gasteiger partial charge in [0.1, 0.15) is 5.75 Å². The molecule has 3 rings (SSSR count). The highest BCUT2D eigenvalue weighted by Gasteiger charge is 2.58. The molecule has 0 N–H and O–H groups in total. The van der Waals surface area contributed by atoms with Gasteiger partial charge < -0.3 is 9.64 Å². The van der Waals surface area contributed by atoms with Crippen LogP contribution in [-0.2, 0) is 10.2 Å². The number of benzene rings is 1. The van der Waals surface area contributed by atoms with Gasteiger partial charge in [-0.15, -0.1) is 0 Å². The molecule has 3 nitrogen and oxygen atoms in total. The molecule has 1 spiro atoms. The zero-order chi connectivity index (χ0) is 11.3. The maximum absolute atomic E-state index is 12.3. The molecule has 1 fully saturated rings. The molecule has 2 aliphatic rings. The Morgan fingerprint density at radius 3 is 2.75 bits per heavy atom. The van der Waals surface area contributed by atoms with E-state index in [0.29, 0.717) is 0 Å². The number of hydrogen-bond acceptors (Lipinski definition) is 2. The Labute approximate surface area is 95.0 Å². The number of carbonyl (C=O) groups is 1. The molecule has 0 radical (unpaired) electrons. The normalized spacial score (nSPS) is 20.1. The average Bonchev–Trinajstić information content (AvgIpc) is 3.06. The van der Waals surface area contributed by atoms with Crippen LogP contribution in [0.1, 0.15) is 25.3 Å². The zero-order valence-corrected chi connectivity index (χ0v) is 9.62. The van der Waals surface area contributed by atoms with Crippen molar-refractivity contribution in [2.45, 2.75) is 25.2 Å².